The van der Waals surface area contributed by atoms with E-state index in [1.165, 1.54) is 5.56 Å². The second kappa shape index (κ2) is 22.7. The van der Waals surface area contributed by atoms with Crippen molar-refractivity contribution in [3.05, 3.63) is 112 Å². The summed E-state index contributed by atoms with van der Waals surface area (Å²) in [5.41, 5.74) is 11.4. The van der Waals surface area contributed by atoms with Crippen LogP contribution in [0.15, 0.2) is 79.3 Å². The van der Waals surface area contributed by atoms with E-state index in [0.717, 1.165) is 113 Å². The van der Waals surface area contributed by atoms with E-state index in [1.54, 1.807) is 29.0 Å². The molecule has 4 aromatic carbocycles. The lowest BCUT2D eigenvalue weighted by atomic mass is 9.89. The van der Waals surface area contributed by atoms with Gasteiger partial charge in [0.1, 0.15) is 41.8 Å². The summed E-state index contributed by atoms with van der Waals surface area (Å²) in [6.07, 6.45) is 11.9. The number of carbonyl (C=O) groups excluding carboxylic acids is 3. The fraction of sp³-hybridized carbons (Fsp3) is 0.429. The van der Waals surface area contributed by atoms with Gasteiger partial charge in [-0.1, -0.05) is 55.8 Å². The summed E-state index contributed by atoms with van der Waals surface area (Å²) in [5.74, 6) is 1.09. The van der Waals surface area contributed by atoms with Crippen LogP contribution < -0.4 is 30.3 Å². The Bertz CT molecular complexity index is 3770. The first-order chi connectivity index (χ1) is 40.5. The zero-order chi connectivity index (χ0) is 57.0. The van der Waals surface area contributed by atoms with E-state index in [0.29, 0.717) is 96.5 Å². The third-order valence-electron chi connectivity index (χ3n) is 17.5. The normalized spacial score (nSPS) is 19.3. The molecule has 20 heteroatoms. The number of aromatic amines is 1. The lowest BCUT2D eigenvalue weighted by molar-refractivity contribution is -0.142. The molecule has 1 aliphatic carbocycles. The molecule has 5 aliphatic rings. The van der Waals surface area contributed by atoms with Crippen molar-refractivity contribution in [3.63, 3.8) is 0 Å². The smallest absolute Gasteiger partial charge is 0.319 e. The van der Waals surface area contributed by atoms with Gasteiger partial charge in [-0.2, -0.15) is 25.3 Å². The predicted octanol–water partition coefficient (Wildman–Crippen LogP) is 9.81. The van der Waals surface area contributed by atoms with Gasteiger partial charge in [0.05, 0.1) is 35.6 Å². The largest absolute Gasteiger partial charge is 0.486 e. The van der Waals surface area contributed by atoms with E-state index >= 15 is 0 Å². The minimum Gasteiger partial charge on any atom is -0.486 e. The molecule has 2 amide bonds. The van der Waals surface area contributed by atoms with Crippen LogP contribution in [-0.2, 0) is 34.0 Å². The van der Waals surface area contributed by atoms with Crippen molar-refractivity contribution in [1.82, 2.24) is 55.3 Å². The molecule has 4 unspecified atom stereocenters. The first kappa shape index (κ1) is 54.4. The first-order valence-corrected chi connectivity index (χ1v) is 29.8. The van der Waals surface area contributed by atoms with Crippen molar-refractivity contribution in [3.8, 4) is 45.3 Å². The monoisotopic (exact) mass is 1140 g/mol. The van der Waals surface area contributed by atoms with Crippen LogP contribution >= 0.6 is 11.6 Å². The maximum Gasteiger partial charge on any atom is 0.319 e. The van der Waals surface area contributed by atoms with Crippen LogP contribution in [0, 0.1) is 12.8 Å². The second-order valence-electron chi connectivity index (χ2n) is 23.2. The SMILES string of the molecule is CCn1nccc1-c1ccc(CNC(=O)C2CCCN2C(=O)C(C(C)C)n2cc(-c3c(Cl)cc(COc4c(-c5c(C)ccc6[nH]ncc56)c(C5CC5)cc5c(N6CC7CC6CN7)nc(OC6CCOCC6)nc45)cc3NC)c(C=O)n2)cc1. The van der Waals surface area contributed by atoms with E-state index in [2.05, 4.69) is 68.2 Å². The van der Waals surface area contributed by atoms with Crippen molar-refractivity contribution in [2.75, 3.05) is 50.1 Å². The highest BCUT2D eigenvalue weighted by molar-refractivity contribution is 6.34. The lowest BCUT2D eigenvalue weighted by Crippen LogP contribution is -2.48. The molecular weight excluding hydrogens is 1070 g/mol. The van der Waals surface area contributed by atoms with E-state index in [4.69, 9.17) is 40.9 Å². The number of carbonyl (C=O) groups is 3. The number of likely N-dealkylation sites (tertiary alicyclic amines) is 1. The molecular formula is C63H70ClN13O6. The van der Waals surface area contributed by atoms with E-state index in [1.807, 2.05) is 67.2 Å². The third-order valence-corrected chi connectivity index (χ3v) is 17.8. The van der Waals surface area contributed by atoms with Gasteiger partial charge >= 0.3 is 6.01 Å². The van der Waals surface area contributed by atoms with Gasteiger partial charge < -0.3 is 40.0 Å². The molecule has 8 heterocycles. The van der Waals surface area contributed by atoms with Gasteiger partial charge in [0.2, 0.25) is 11.8 Å². The molecule has 4 N–H and O–H groups in total. The summed E-state index contributed by atoms with van der Waals surface area (Å²) in [5, 5.41) is 29.3. The Kier molecular flexibility index (Phi) is 14.9. The highest BCUT2D eigenvalue weighted by atomic mass is 35.5. The number of fused-ring (bicyclic) bond motifs is 4. The highest BCUT2D eigenvalue weighted by Crippen LogP contribution is 2.53. The van der Waals surface area contributed by atoms with E-state index in [9.17, 15) is 14.4 Å². The van der Waals surface area contributed by atoms with Crippen molar-refractivity contribution in [1.29, 1.82) is 0 Å². The minimum absolute atomic E-state index is 0.0911. The fourth-order valence-electron chi connectivity index (χ4n) is 13.1. The summed E-state index contributed by atoms with van der Waals surface area (Å²) in [7, 11) is 1.81. The van der Waals surface area contributed by atoms with Gasteiger partial charge in [-0.25, -0.2) is 0 Å². The first-order valence-electron chi connectivity index (χ1n) is 29.4. The van der Waals surface area contributed by atoms with Crippen molar-refractivity contribution >= 4 is 63.0 Å². The van der Waals surface area contributed by atoms with Crippen molar-refractivity contribution in [2.24, 2.45) is 5.92 Å². The molecule has 4 saturated heterocycles. The number of aryl methyl sites for hydroxylation is 2. The summed E-state index contributed by atoms with van der Waals surface area (Å²) in [6.45, 7) is 12.6. The molecule has 4 atom stereocenters. The van der Waals surface area contributed by atoms with Gasteiger partial charge in [0, 0.05) is 110 Å². The standard InChI is InChI=1S/C63H70ClN13O6/c1-6-76-52(17-20-69-76)40-12-10-37(11-13-40)28-67-61(79)53-8-7-21-74(53)62(80)58(35(2)3)77-32-47(51(33-78)73-77)55-48(64)24-38(25-50(55)65-5)34-82-59-56(54-36(4)9-16-49-46(54)30-68-72-49)44(39-14-15-39)27-45-57(59)70-63(83-43-18-22-81-23-19-43)71-60(45)75-31-41-26-42(75)29-66-41/h9-13,16-17,20,24-25,27,30,32-33,35,39,41-43,53,58,65-66H,6-8,14-15,18-19,21-23,26,28-29,31,34H2,1-5H3,(H,67,79)(H,68,72). The number of H-pyrrole nitrogens is 1. The maximum absolute atomic E-state index is 14.8. The number of aromatic nitrogens is 8. The number of benzene rings is 4. The predicted molar refractivity (Wildman–Crippen MR) is 319 cm³/mol. The van der Waals surface area contributed by atoms with Gasteiger partial charge in [-0.3, -0.25) is 28.8 Å². The Hall–Kier alpha value is -7.87. The maximum atomic E-state index is 14.8. The van der Waals surface area contributed by atoms with E-state index < -0.39 is 12.1 Å². The molecule has 0 spiro atoms. The molecule has 5 fully saturated rings. The number of ether oxygens (including phenoxy) is 3. The topological polar surface area (TPSA) is 212 Å². The Balaban J connectivity index is 0.818. The van der Waals surface area contributed by atoms with Crippen LogP contribution in [0.5, 0.6) is 11.8 Å². The number of aldehydes is 1. The quantitative estimate of drug-likeness (QED) is 0.0556. The Morgan fingerprint density at radius 3 is 2.53 bits per heavy atom. The number of piperazine rings is 1. The number of amides is 2. The molecule has 13 rings (SSSR count). The Morgan fingerprint density at radius 2 is 1.80 bits per heavy atom. The average molecular weight is 1140 g/mol. The van der Waals surface area contributed by atoms with Gasteiger partial charge in [-0.15, -0.1) is 0 Å². The molecule has 0 radical (unpaired) electrons. The molecule has 4 aliphatic heterocycles. The molecule has 2 bridgehead atoms. The summed E-state index contributed by atoms with van der Waals surface area (Å²) >= 11 is 7.42. The average Bonchev–Trinajstić information content (AvgIpc) is 3.07. The number of nitrogens with zero attached hydrogens (tertiary/aromatic N) is 9. The summed E-state index contributed by atoms with van der Waals surface area (Å²) < 4.78 is 23.3. The zero-order valence-corrected chi connectivity index (χ0v) is 48.3. The molecule has 1 saturated carbocycles. The van der Waals surface area contributed by atoms with Crippen molar-refractivity contribution in [2.45, 2.75) is 129 Å². The van der Waals surface area contributed by atoms with Crippen LogP contribution in [0.25, 0.3) is 55.3 Å². The Labute approximate surface area is 486 Å². The number of nitrogens with one attached hydrogen (secondary N) is 4. The van der Waals surface area contributed by atoms with Crippen LogP contribution in [0.2, 0.25) is 5.02 Å². The van der Waals surface area contributed by atoms with Crippen LogP contribution in [0.3, 0.4) is 0 Å². The summed E-state index contributed by atoms with van der Waals surface area (Å²) in [4.78, 5) is 56.5. The van der Waals surface area contributed by atoms with Gasteiger partial charge in [-0.05, 0) is 121 Å². The molecule has 430 valence electrons. The van der Waals surface area contributed by atoms with Crippen LogP contribution in [0.1, 0.15) is 110 Å². The minimum atomic E-state index is -0.819. The number of hydrogen-bond acceptors (Lipinski definition) is 14. The second-order valence-corrected chi connectivity index (χ2v) is 23.6. The number of anilines is 2. The Morgan fingerprint density at radius 1 is 0.964 bits per heavy atom. The van der Waals surface area contributed by atoms with Crippen LogP contribution in [-0.4, -0.2) is 127 Å². The lowest BCUT2D eigenvalue weighted by Gasteiger charge is -2.31. The molecule has 83 heavy (non-hydrogen) atoms. The van der Waals surface area contributed by atoms with Gasteiger partial charge in [0.25, 0.3) is 0 Å². The van der Waals surface area contributed by atoms with Gasteiger partial charge in [0.15, 0.2) is 12.0 Å². The number of halogens is 1. The van der Waals surface area contributed by atoms with Crippen LogP contribution in [0.4, 0.5) is 11.5 Å². The van der Waals surface area contributed by atoms with E-state index in [-0.39, 0.29) is 42.2 Å². The number of hydrogen-bond donors (Lipinski definition) is 4. The van der Waals surface area contributed by atoms with Crippen molar-refractivity contribution < 1.29 is 28.6 Å². The third kappa shape index (κ3) is 10.3. The number of rotatable bonds is 19. The molecule has 4 aromatic heterocycles. The summed E-state index contributed by atoms with van der Waals surface area (Å²) in [6, 6.07) is 19.9. The fourth-order valence-corrected chi connectivity index (χ4v) is 13.5. The molecule has 8 aromatic rings. The molecule has 19 nitrogen and oxygen atoms in total. The zero-order valence-electron chi connectivity index (χ0n) is 47.6. The highest BCUT2D eigenvalue weighted by Gasteiger charge is 2.42.